The first-order valence-corrected chi connectivity index (χ1v) is 4.26. The summed E-state index contributed by atoms with van der Waals surface area (Å²) < 4.78 is 5.15. The predicted octanol–water partition coefficient (Wildman–Crippen LogP) is 0.595. The molecule has 0 aromatic carbocycles. The Morgan fingerprint density at radius 2 is 2.25 bits per heavy atom. The molecule has 3 nitrogen and oxygen atoms in total. The molecule has 66 valence electrons. The quantitative estimate of drug-likeness (QED) is 0.459. The van der Waals surface area contributed by atoms with E-state index in [1.807, 2.05) is 12.2 Å². The lowest BCUT2D eigenvalue weighted by Gasteiger charge is -2.21. The zero-order valence-electron chi connectivity index (χ0n) is 7.12. The average Bonchev–Trinajstić information content (AvgIpc) is 2.71. The van der Waals surface area contributed by atoms with Crippen molar-refractivity contribution in [3.63, 3.8) is 0 Å². The van der Waals surface area contributed by atoms with E-state index in [0.717, 1.165) is 12.8 Å². The summed E-state index contributed by atoms with van der Waals surface area (Å²) in [5, 5.41) is 0. The molecule has 2 N–H and O–H groups in total. The van der Waals surface area contributed by atoms with Crippen molar-refractivity contribution in [3.8, 4) is 0 Å². The van der Waals surface area contributed by atoms with Crippen LogP contribution in [0.5, 0.6) is 0 Å². The smallest absolute Gasteiger partial charge is 0.303 e. The van der Waals surface area contributed by atoms with E-state index in [1.54, 1.807) is 0 Å². The Hall–Kier alpha value is -0.830. The van der Waals surface area contributed by atoms with E-state index in [-0.39, 0.29) is 23.5 Å². The Balaban J connectivity index is 2.08. The fourth-order valence-electron chi connectivity index (χ4n) is 1.89. The number of hydrogen-bond acceptors (Lipinski definition) is 3. The summed E-state index contributed by atoms with van der Waals surface area (Å²) in [5.74, 6) is -0.218. The van der Waals surface area contributed by atoms with Crippen molar-refractivity contribution in [2.75, 3.05) is 0 Å². The lowest BCUT2D eigenvalue weighted by molar-refractivity contribution is -0.146. The van der Waals surface area contributed by atoms with Gasteiger partial charge >= 0.3 is 5.97 Å². The minimum Gasteiger partial charge on any atom is -0.458 e. The maximum atomic E-state index is 10.7. The van der Waals surface area contributed by atoms with Crippen molar-refractivity contribution in [1.82, 2.24) is 0 Å². The van der Waals surface area contributed by atoms with Crippen molar-refractivity contribution in [2.24, 2.45) is 11.1 Å². The number of nitrogens with two attached hydrogens (primary N) is 1. The molecule has 0 bridgehead atoms. The van der Waals surface area contributed by atoms with Gasteiger partial charge in [0.1, 0.15) is 6.10 Å². The Morgan fingerprint density at radius 1 is 1.58 bits per heavy atom. The van der Waals surface area contributed by atoms with Crippen LogP contribution in [-0.4, -0.2) is 18.1 Å². The summed E-state index contributed by atoms with van der Waals surface area (Å²) in [4.78, 5) is 10.7. The highest BCUT2D eigenvalue weighted by atomic mass is 16.5. The second-order valence-corrected chi connectivity index (χ2v) is 3.67. The molecule has 0 amide bonds. The summed E-state index contributed by atoms with van der Waals surface area (Å²) in [6, 6.07) is 0.0850. The van der Waals surface area contributed by atoms with Crippen molar-refractivity contribution >= 4 is 5.97 Å². The van der Waals surface area contributed by atoms with Crippen LogP contribution in [0.1, 0.15) is 19.8 Å². The fourth-order valence-corrected chi connectivity index (χ4v) is 1.89. The SMILES string of the molecule is CC(=O)O[C@@H]1C=C[C@H](N)C12CC2. The molecule has 3 heteroatoms. The molecule has 0 aromatic rings. The molecule has 1 fully saturated rings. The number of hydrogen-bond donors (Lipinski definition) is 1. The summed E-state index contributed by atoms with van der Waals surface area (Å²) in [6.07, 6.45) is 5.96. The molecule has 2 rings (SSSR count). The molecule has 12 heavy (non-hydrogen) atoms. The zero-order valence-corrected chi connectivity index (χ0v) is 7.12. The zero-order chi connectivity index (χ0) is 8.77. The van der Waals surface area contributed by atoms with Gasteiger partial charge in [-0.3, -0.25) is 4.79 Å². The third kappa shape index (κ3) is 0.966. The second kappa shape index (κ2) is 2.33. The topological polar surface area (TPSA) is 52.3 Å². The van der Waals surface area contributed by atoms with E-state index >= 15 is 0 Å². The minimum absolute atomic E-state index is 0.0648. The largest absolute Gasteiger partial charge is 0.458 e. The number of ether oxygens (including phenoxy) is 1. The molecule has 0 radical (unpaired) electrons. The number of esters is 1. The maximum Gasteiger partial charge on any atom is 0.303 e. The average molecular weight is 167 g/mol. The molecule has 0 unspecified atom stereocenters. The standard InChI is InChI=1S/C9H13NO2/c1-6(11)12-8-3-2-7(10)9(8)4-5-9/h2-3,7-8H,4-5,10H2,1H3/t7-,8+/m0/s1. The van der Waals surface area contributed by atoms with Gasteiger partial charge in [-0.15, -0.1) is 0 Å². The van der Waals surface area contributed by atoms with Gasteiger partial charge in [0.15, 0.2) is 0 Å². The first-order valence-electron chi connectivity index (χ1n) is 4.26. The van der Waals surface area contributed by atoms with Gasteiger partial charge in [-0.25, -0.2) is 0 Å². The van der Waals surface area contributed by atoms with Crippen LogP contribution in [0.25, 0.3) is 0 Å². The summed E-state index contributed by atoms with van der Waals surface area (Å²) >= 11 is 0. The van der Waals surface area contributed by atoms with E-state index in [4.69, 9.17) is 10.5 Å². The van der Waals surface area contributed by atoms with Crippen molar-refractivity contribution in [3.05, 3.63) is 12.2 Å². The summed E-state index contributed by atoms with van der Waals surface area (Å²) in [5.41, 5.74) is 5.94. The lowest BCUT2D eigenvalue weighted by atomic mass is 9.98. The normalized spacial score (nSPS) is 35.5. The molecule has 0 aromatic heterocycles. The molecule has 2 atom stereocenters. The molecule has 2 aliphatic carbocycles. The molecule has 1 saturated carbocycles. The van der Waals surface area contributed by atoms with E-state index in [1.165, 1.54) is 6.92 Å². The molecule has 1 spiro atoms. The molecule has 0 aliphatic heterocycles. The minimum atomic E-state index is -0.218. The van der Waals surface area contributed by atoms with Crippen LogP contribution in [0.4, 0.5) is 0 Å². The summed E-state index contributed by atoms with van der Waals surface area (Å²) in [6.45, 7) is 1.44. The Labute approximate surface area is 71.6 Å². The second-order valence-electron chi connectivity index (χ2n) is 3.67. The first-order chi connectivity index (χ1) is 5.65. The van der Waals surface area contributed by atoms with Crippen LogP contribution < -0.4 is 5.73 Å². The van der Waals surface area contributed by atoms with Gasteiger partial charge in [-0.1, -0.05) is 6.08 Å². The number of carbonyl (C=O) groups excluding carboxylic acids is 1. The van der Waals surface area contributed by atoms with Gasteiger partial charge in [0, 0.05) is 18.4 Å². The van der Waals surface area contributed by atoms with Gasteiger partial charge in [0.25, 0.3) is 0 Å². The van der Waals surface area contributed by atoms with Crippen LogP contribution in [0.2, 0.25) is 0 Å². The van der Waals surface area contributed by atoms with Crippen molar-refractivity contribution in [2.45, 2.75) is 31.9 Å². The van der Waals surface area contributed by atoms with E-state index in [9.17, 15) is 4.79 Å². The third-order valence-corrected chi connectivity index (χ3v) is 2.84. The van der Waals surface area contributed by atoms with Gasteiger partial charge in [-0.2, -0.15) is 0 Å². The van der Waals surface area contributed by atoms with Crippen LogP contribution in [0.15, 0.2) is 12.2 Å². The van der Waals surface area contributed by atoms with E-state index < -0.39 is 0 Å². The summed E-state index contributed by atoms with van der Waals surface area (Å²) in [7, 11) is 0. The van der Waals surface area contributed by atoms with Crippen molar-refractivity contribution < 1.29 is 9.53 Å². The van der Waals surface area contributed by atoms with Gasteiger partial charge in [0.05, 0.1) is 0 Å². The highest BCUT2D eigenvalue weighted by molar-refractivity contribution is 5.66. The van der Waals surface area contributed by atoms with Crippen LogP contribution in [-0.2, 0) is 9.53 Å². The Bertz CT molecular complexity index is 243. The van der Waals surface area contributed by atoms with Crippen LogP contribution in [0.3, 0.4) is 0 Å². The molecular weight excluding hydrogens is 154 g/mol. The van der Waals surface area contributed by atoms with E-state index in [2.05, 4.69) is 0 Å². The molecule has 0 saturated heterocycles. The highest BCUT2D eigenvalue weighted by Crippen LogP contribution is 2.55. The Kier molecular flexibility index (Phi) is 1.51. The number of rotatable bonds is 1. The lowest BCUT2D eigenvalue weighted by Crippen LogP contribution is -2.34. The van der Waals surface area contributed by atoms with Gasteiger partial charge in [0.2, 0.25) is 0 Å². The monoisotopic (exact) mass is 167 g/mol. The predicted molar refractivity (Wildman–Crippen MR) is 44.3 cm³/mol. The van der Waals surface area contributed by atoms with Gasteiger partial charge in [-0.05, 0) is 18.9 Å². The van der Waals surface area contributed by atoms with E-state index in [0.29, 0.717) is 0 Å². The fraction of sp³-hybridized carbons (Fsp3) is 0.667. The maximum absolute atomic E-state index is 10.7. The molecule has 2 aliphatic rings. The number of carbonyl (C=O) groups is 1. The van der Waals surface area contributed by atoms with Crippen molar-refractivity contribution in [1.29, 1.82) is 0 Å². The van der Waals surface area contributed by atoms with Crippen LogP contribution in [0, 0.1) is 5.41 Å². The third-order valence-electron chi connectivity index (χ3n) is 2.84. The Morgan fingerprint density at radius 3 is 2.75 bits per heavy atom. The molecule has 0 heterocycles. The molecular formula is C9H13NO2. The highest BCUT2D eigenvalue weighted by Gasteiger charge is 2.56. The van der Waals surface area contributed by atoms with Gasteiger partial charge < -0.3 is 10.5 Å². The first kappa shape index (κ1) is 7.80. The van der Waals surface area contributed by atoms with Crippen LogP contribution >= 0.6 is 0 Å².